The summed E-state index contributed by atoms with van der Waals surface area (Å²) in [5, 5.41) is 21.2. The summed E-state index contributed by atoms with van der Waals surface area (Å²) in [4.78, 5) is 26.4. The number of fused-ring (bicyclic) bond motifs is 1. The van der Waals surface area contributed by atoms with Gasteiger partial charge >= 0.3 is 5.97 Å². The van der Waals surface area contributed by atoms with Crippen molar-refractivity contribution in [3.63, 3.8) is 0 Å². The summed E-state index contributed by atoms with van der Waals surface area (Å²) in [6.45, 7) is 2.00. The Bertz CT molecular complexity index is 1110. The summed E-state index contributed by atoms with van der Waals surface area (Å²) < 4.78 is 8.50. The third-order valence-corrected chi connectivity index (χ3v) is 5.73. The molecule has 1 heterocycles. The molecular weight excluding hydrogens is 404 g/mol. The molecule has 1 aliphatic rings. The zero-order valence-corrected chi connectivity index (χ0v) is 16.8. The lowest BCUT2D eigenvalue weighted by Crippen LogP contribution is -2.40. The van der Waals surface area contributed by atoms with E-state index in [1.54, 1.807) is 41.3 Å². The molecule has 7 nitrogen and oxygen atoms in total. The lowest BCUT2D eigenvalue weighted by Gasteiger charge is -2.27. The summed E-state index contributed by atoms with van der Waals surface area (Å²) in [7, 11) is 0. The topological polar surface area (TPSA) is 99.1 Å². The van der Waals surface area contributed by atoms with Gasteiger partial charge in [0.2, 0.25) is 0 Å². The molecule has 0 unspecified atom stereocenters. The molecule has 3 N–H and O–H groups in total. The molecule has 154 valence electrons. The third-order valence-electron chi connectivity index (χ3n) is 4.92. The standard InChI is InChI=1S/C22H20N2O5S/c25-20-17-5-2-6-19(23-30-15-4-1-3-14(13-15)22(27)28)16(17)7-8-18(20)21(26)24-9-11-29-12-10-24/h1-8,13,23,25H,9-12H2,(H,27,28). The molecule has 1 saturated heterocycles. The Morgan fingerprint density at radius 1 is 1.00 bits per heavy atom. The van der Waals surface area contributed by atoms with E-state index in [9.17, 15) is 14.7 Å². The number of morpholine rings is 1. The van der Waals surface area contributed by atoms with Crippen LogP contribution < -0.4 is 4.72 Å². The number of ether oxygens (including phenoxy) is 1. The van der Waals surface area contributed by atoms with Crippen LogP contribution in [0, 0.1) is 0 Å². The number of aromatic hydroxyl groups is 1. The molecule has 0 bridgehead atoms. The molecular formula is C22H20N2O5S. The second kappa shape index (κ2) is 8.64. The summed E-state index contributed by atoms with van der Waals surface area (Å²) >= 11 is 1.27. The van der Waals surface area contributed by atoms with E-state index in [1.807, 2.05) is 12.1 Å². The van der Waals surface area contributed by atoms with Gasteiger partial charge in [-0.1, -0.05) is 24.3 Å². The molecule has 8 heteroatoms. The molecule has 0 atom stereocenters. The predicted octanol–water partition coefficient (Wildman–Crippen LogP) is 3.84. The first kappa shape index (κ1) is 20.1. The minimum absolute atomic E-state index is 0.0504. The fraction of sp³-hybridized carbons (Fsp3) is 0.182. The highest BCUT2D eigenvalue weighted by Crippen LogP contribution is 2.35. The lowest BCUT2D eigenvalue weighted by molar-refractivity contribution is 0.0301. The number of hydrogen-bond donors (Lipinski definition) is 3. The maximum absolute atomic E-state index is 12.8. The van der Waals surface area contributed by atoms with E-state index in [2.05, 4.69) is 4.72 Å². The number of aromatic carboxylic acids is 1. The second-order valence-corrected chi connectivity index (χ2v) is 7.68. The van der Waals surface area contributed by atoms with Crippen LogP contribution >= 0.6 is 11.9 Å². The number of benzene rings is 3. The van der Waals surface area contributed by atoms with Gasteiger partial charge in [-0.2, -0.15) is 0 Å². The molecule has 1 fully saturated rings. The Kier molecular flexibility index (Phi) is 5.78. The summed E-state index contributed by atoms with van der Waals surface area (Å²) in [6, 6.07) is 15.5. The average Bonchev–Trinajstić information content (AvgIpc) is 2.78. The SMILES string of the molecule is O=C(O)c1cccc(SNc2cccc3c(O)c(C(=O)N4CCOCC4)ccc23)c1. The van der Waals surface area contributed by atoms with Crippen LogP contribution in [0.25, 0.3) is 10.8 Å². The highest BCUT2D eigenvalue weighted by atomic mass is 32.2. The number of phenols is 1. The van der Waals surface area contributed by atoms with E-state index in [1.165, 1.54) is 18.0 Å². The van der Waals surface area contributed by atoms with Crippen LogP contribution in [0.5, 0.6) is 5.75 Å². The molecule has 0 aliphatic carbocycles. The smallest absolute Gasteiger partial charge is 0.335 e. The predicted molar refractivity (Wildman–Crippen MR) is 115 cm³/mol. The van der Waals surface area contributed by atoms with Crippen LogP contribution in [-0.2, 0) is 4.74 Å². The average molecular weight is 424 g/mol. The molecule has 0 radical (unpaired) electrons. The van der Waals surface area contributed by atoms with E-state index in [0.717, 1.165) is 16.0 Å². The number of amides is 1. The van der Waals surface area contributed by atoms with Crippen LogP contribution in [0.4, 0.5) is 5.69 Å². The number of hydrogen-bond acceptors (Lipinski definition) is 6. The van der Waals surface area contributed by atoms with Crippen LogP contribution in [0.3, 0.4) is 0 Å². The van der Waals surface area contributed by atoms with E-state index in [0.29, 0.717) is 31.7 Å². The van der Waals surface area contributed by atoms with Crippen LogP contribution in [0.1, 0.15) is 20.7 Å². The van der Waals surface area contributed by atoms with Crippen molar-refractivity contribution >= 4 is 40.3 Å². The van der Waals surface area contributed by atoms with Crippen molar-refractivity contribution in [2.45, 2.75) is 4.90 Å². The molecule has 30 heavy (non-hydrogen) atoms. The van der Waals surface area contributed by atoms with Gasteiger partial charge in [0.1, 0.15) is 5.75 Å². The van der Waals surface area contributed by atoms with Crippen molar-refractivity contribution in [1.29, 1.82) is 0 Å². The Morgan fingerprint density at radius 2 is 1.77 bits per heavy atom. The molecule has 3 aromatic carbocycles. The Balaban J connectivity index is 1.59. The Labute approximate surface area is 177 Å². The summed E-state index contributed by atoms with van der Waals surface area (Å²) in [5.74, 6) is -1.24. The van der Waals surface area contributed by atoms with E-state index >= 15 is 0 Å². The second-order valence-electron chi connectivity index (χ2n) is 6.80. The first-order valence-corrected chi connectivity index (χ1v) is 10.2. The van der Waals surface area contributed by atoms with Crippen LogP contribution in [0.2, 0.25) is 0 Å². The van der Waals surface area contributed by atoms with Gasteiger partial charge in [-0.25, -0.2) is 4.79 Å². The van der Waals surface area contributed by atoms with Gasteiger partial charge in [-0.15, -0.1) is 0 Å². The maximum atomic E-state index is 12.8. The van der Waals surface area contributed by atoms with E-state index in [4.69, 9.17) is 9.84 Å². The van der Waals surface area contributed by atoms with Crippen molar-refractivity contribution in [1.82, 2.24) is 4.90 Å². The number of anilines is 1. The number of carbonyl (C=O) groups excluding carboxylic acids is 1. The molecule has 0 saturated carbocycles. The van der Waals surface area contributed by atoms with Gasteiger partial charge in [0, 0.05) is 28.8 Å². The number of nitrogens with zero attached hydrogens (tertiary/aromatic N) is 1. The molecule has 0 spiro atoms. The number of carbonyl (C=O) groups is 2. The number of nitrogens with one attached hydrogen (secondary N) is 1. The summed E-state index contributed by atoms with van der Waals surface area (Å²) in [6.07, 6.45) is 0. The first-order chi connectivity index (χ1) is 14.5. The van der Waals surface area contributed by atoms with Crippen molar-refractivity contribution in [3.8, 4) is 5.75 Å². The van der Waals surface area contributed by atoms with Crippen LogP contribution in [0.15, 0.2) is 59.5 Å². The van der Waals surface area contributed by atoms with Gasteiger partial charge in [0.05, 0.1) is 30.0 Å². The molecule has 4 rings (SSSR count). The maximum Gasteiger partial charge on any atom is 0.335 e. The quantitative estimate of drug-likeness (QED) is 0.535. The van der Waals surface area contributed by atoms with E-state index in [-0.39, 0.29) is 22.8 Å². The van der Waals surface area contributed by atoms with Crippen LogP contribution in [-0.4, -0.2) is 53.3 Å². The first-order valence-electron chi connectivity index (χ1n) is 9.42. The normalized spacial score (nSPS) is 13.9. The molecule has 0 aromatic heterocycles. The molecule has 3 aromatic rings. The van der Waals surface area contributed by atoms with Gasteiger partial charge in [0.15, 0.2) is 0 Å². The molecule has 1 aliphatic heterocycles. The Morgan fingerprint density at radius 3 is 2.53 bits per heavy atom. The highest BCUT2D eigenvalue weighted by molar-refractivity contribution is 8.00. The van der Waals surface area contributed by atoms with Crippen molar-refractivity contribution < 1.29 is 24.5 Å². The van der Waals surface area contributed by atoms with Crippen molar-refractivity contribution in [2.75, 3.05) is 31.0 Å². The van der Waals surface area contributed by atoms with Crippen molar-refractivity contribution in [3.05, 3.63) is 65.7 Å². The van der Waals surface area contributed by atoms with Gasteiger partial charge in [0.25, 0.3) is 5.91 Å². The third kappa shape index (κ3) is 4.05. The van der Waals surface area contributed by atoms with Gasteiger partial charge in [-0.05, 0) is 42.3 Å². The fourth-order valence-corrected chi connectivity index (χ4v) is 4.09. The zero-order valence-electron chi connectivity index (χ0n) is 16.0. The highest BCUT2D eigenvalue weighted by Gasteiger charge is 2.22. The number of carboxylic acid groups (broad SMARTS) is 1. The fourth-order valence-electron chi connectivity index (χ4n) is 3.35. The van der Waals surface area contributed by atoms with Gasteiger partial charge in [-0.3, -0.25) is 4.79 Å². The number of rotatable bonds is 5. The zero-order chi connectivity index (χ0) is 21.1. The minimum Gasteiger partial charge on any atom is -0.506 e. The van der Waals surface area contributed by atoms with Crippen molar-refractivity contribution in [2.24, 2.45) is 0 Å². The van der Waals surface area contributed by atoms with E-state index < -0.39 is 5.97 Å². The lowest BCUT2D eigenvalue weighted by atomic mass is 10.0. The minimum atomic E-state index is -0.981. The molecule has 1 amide bonds. The number of phenolic OH excluding ortho intramolecular Hbond substituents is 1. The Hall–Kier alpha value is -3.23. The number of carboxylic acids is 1. The monoisotopic (exact) mass is 424 g/mol. The summed E-state index contributed by atoms with van der Waals surface area (Å²) in [5.41, 5.74) is 1.23. The largest absolute Gasteiger partial charge is 0.506 e. The van der Waals surface area contributed by atoms with Gasteiger partial charge < -0.3 is 24.6 Å².